The number of rotatable bonds is 5. The minimum atomic E-state index is -0.331. The van der Waals surface area contributed by atoms with Crippen LogP contribution in [-0.4, -0.2) is 21.3 Å². The lowest BCUT2D eigenvalue weighted by molar-refractivity contribution is 0.521. The van der Waals surface area contributed by atoms with Crippen LogP contribution in [0.1, 0.15) is 24.4 Å². The molecule has 1 atom stereocenters. The van der Waals surface area contributed by atoms with Gasteiger partial charge in [-0.15, -0.1) is 0 Å². The first-order valence-electron chi connectivity index (χ1n) is 6.13. The molecule has 6 heteroatoms. The van der Waals surface area contributed by atoms with Crippen molar-refractivity contribution in [1.82, 2.24) is 20.1 Å². The Balaban J connectivity index is 2.27. The monoisotopic (exact) mass is 282 g/mol. The lowest BCUT2D eigenvalue weighted by Gasteiger charge is -2.19. The second-order valence-corrected chi connectivity index (χ2v) is 4.69. The van der Waals surface area contributed by atoms with Crippen molar-refractivity contribution in [3.8, 4) is 0 Å². The number of aromatic nitrogens is 3. The summed E-state index contributed by atoms with van der Waals surface area (Å²) < 4.78 is 14.8. The number of nitrogens with zero attached hydrogens (tertiary/aromatic N) is 3. The average molecular weight is 283 g/mol. The van der Waals surface area contributed by atoms with Gasteiger partial charge in [0, 0.05) is 24.5 Å². The van der Waals surface area contributed by atoms with E-state index in [0.717, 1.165) is 17.9 Å². The van der Waals surface area contributed by atoms with Gasteiger partial charge in [0.25, 0.3) is 0 Å². The summed E-state index contributed by atoms with van der Waals surface area (Å²) in [5, 5.41) is 7.81. The third-order valence-electron chi connectivity index (χ3n) is 2.98. The fraction of sp³-hybridized carbons (Fsp3) is 0.385. The highest BCUT2D eigenvalue weighted by Crippen LogP contribution is 2.26. The largest absolute Gasteiger partial charge is 0.310 e. The second-order valence-electron chi connectivity index (χ2n) is 4.28. The predicted molar refractivity (Wildman–Crippen MR) is 72.5 cm³/mol. The molecular formula is C13H16ClFN4. The third kappa shape index (κ3) is 3.30. The van der Waals surface area contributed by atoms with Crippen molar-refractivity contribution >= 4 is 11.6 Å². The first-order valence-corrected chi connectivity index (χ1v) is 6.50. The van der Waals surface area contributed by atoms with E-state index in [4.69, 9.17) is 11.6 Å². The van der Waals surface area contributed by atoms with Crippen LogP contribution in [0.15, 0.2) is 24.5 Å². The van der Waals surface area contributed by atoms with E-state index in [2.05, 4.69) is 15.4 Å². The Morgan fingerprint density at radius 2 is 2.26 bits per heavy atom. The molecule has 102 valence electrons. The van der Waals surface area contributed by atoms with E-state index in [1.165, 1.54) is 18.5 Å². The molecular weight excluding hydrogens is 267 g/mol. The van der Waals surface area contributed by atoms with E-state index in [1.807, 2.05) is 14.0 Å². The van der Waals surface area contributed by atoms with Crippen molar-refractivity contribution in [2.45, 2.75) is 19.4 Å². The van der Waals surface area contributed by atoms with Crippen LogP contribution in [0.3, 0.4) is 0 Å². The lowest BCUT2D eigenvalue weighted by atomic mass is 10.0. The molecule has 1 aromatic carbocycles. The molecule has 0 radical (unpaired) electrons. The van der Waals surface area contributed by atoms with Gasteiger partial charge in [-0.1, -0.05) is 24.6 Å². The zero-order chi connectivity index (χ0) is 13.8. The van der Waals surface area contributed by atoms with Crippen molar-refractivity contribution in [2.24, 2.45) is 7.05 Å². The number of nitrogens with one attached hydrogen (secondary N) is 1. The molecule has 1 heterocycles. The zero-order valence-corrected chi connectivity index (χ0v) is 11.7. The van der Waals surface area contributed by atoms with Crippen molar-refractivity contribution in [2.75, 3.05) is 6.54 Å². The topological polar surface area (TPSA) is 42.7 Å². The van der Waals surface area contributed by atoms with Crippen LogP contribution < -0.4 is 5.32 Å². The summed E-state index contributed by atoms with van der Waals surface area (Å²) in [7, 11) is 1.84. The molecule has 0 amide bonds. The lowest BCUT2D eigenvalue weighted by Crippen LogP contribution is -2.24. The molecule has 0 fully saturated rings. The van der Waals surface area contributed by atoms with Crippen LogP contribution in [0.25, 0.3) is 0 Å². The maximum Gasteiger partial charge on any atom is 0.138 e. The predicted octanol–water partition coefficient (Wildman–Crippen LogP) is 2.50. The SMILES string of the molecule is CCNC(Cc1ncnn1C)c1ccc(F)cc1Cl. The second kappa shape index (κ2) is 6.12. The van der Waals surface area contributed by atoms with Crippen molar-refractivity contribution in [1.29, 1.82) is 0 Å². The van der Waals surface area contributed by atoms with Crippen LogP contribution in [0.4, 0.5) is 4.39 Å². The van der Waals surface area contributed by atoms with E-state index in [1.54, 1.807) is 10.7 Å². The molecule has 0 aliphatic rings. The number of hydrogen-bond acceptors (Lipinski definition) is 3. The minimum absolute atomic E-state index is 0.0130. The fourth-order valence-electron chi connectivity index (χ4n) is 2.01. The highest BCUT2D eigenvalue weighted by atomic mass is 35.5. The van der Waals surface area contributed by atoms with Crippen LogP contribution in [-0.2, 0) is 13.5 Å². The Morgan fingerprint density at radius 1 is 1.47 bits per heavy atom. The molecule has 1 N–H and O–H groups in total. The van der Waals surface area contributed by atoms with E-state index in [0.29, 0.717) is 11.4 Å². The van der Waals surface area contributed by atoms with Gasteiger partial charge in [-0.2, -0.15) is 5.10 Å². The normalized spacial score (nSPS) is 12.6. The first-order chi connectivity index (χ1) is 9.11. The van der Waals surface area contributed by atoms with E-state index in [9.17, 15) is 4.39 Å². The van der Waals surface area contributed by atoms with Crippen LogP contribution in [0.2, 0.25) is 5.02 Å². The van der Waals surface area contributed by atoms with Crippen molar-refractivity contribution < 1.29 is 4.39 Å². The summed E-state index contributed by atoms with van der Waals surface area (Å²) in [4.78, 5) is 4.21. The van der Waals surface area contributed by atoms with E-state index >= 15 is 0 Å². The Hall–Kier alpha value is -1.46. The minimum Gasteiger partial charge on any atom is -0.310 e. The fourth-order valence-corrected chi connectivity index (χ4v) is 2.31. The van der Waals surface area contributed by atoms with Gasteiger partial charge in [0.05, 0.1) is 0 Å². The molecule has 0 spiro atoms. The number of benzene rings is 1. The molecule has 0 aliphatic carbocycles. The summed E-state index contributed by atoms with van der Waals surface area (Å²) >= 11 is 6.12. The van der Waals surface area contributed by atoms with Gasteiger partial charge in [-0.05, 0) is 24.2 Å². The molecule has 0 saturated heterocycles. The first kappa shape index (κ1) is 14.0. The van der Waals surface area contributed by atoms with Crippen LogP contribution >= 0.6 is 11.6 Å². The van der Waals surface area contributed by atoms with Gasteiger partial charge in [-0.3, -0.25) is 4.68 Å². The quantitative estimate of drug-likeness (QED) is 0.916. The zero-order valence-electron chi connectivity index (χ0n) is 10.9. The van der Waals surface area contributed by atoms with E-state index in [-0.39, 0.29) is 11.9 Å². The molecule has 2 rings (SSSR count). The number of hydrogen-bond donors (Lipinski definition) is 1. The van der Waals surface area contributed by atoms with Crippen molar-refractivity contribution in [3.05, 3.63) is 46.8 Å². The smallest absolute Gasteiger partial charge is 0.138 e. The van der Waals surface area contributed by atoms with Gasteiger partial charge in [0.2, 0.25) is 0 Å². The van der Waals surface area contributed by atoms with Gasteiger partial charge in [0.15, 0.2) is 0 Å². The average Bonchev–Trinajstić information content (AvgIpc) is 2.75. The molecule has 1 aromatic heterocycles. The number of aryl methyl sites for hydroxylation is 1. The standard InChI is InChI=1S/C13H16ClFN4/c1-3-16-12(7-13-17-8-18-19(13)2)10-5-4-9(15)6-11(10)14/h4-6,8,12,16H,3,7H2,1-2H3. The Bertz CT molecular complexity index is 555. The molecule has 0 saturated carbocycles. The molecule has 0 bridgehead atoms. The maximum atomic E-state index is 13.1. The molecule has 2 aromatic rings. The maximum absolute atomic E-state index is 13.1. The summed E-state index contributed by atoms with van der Waals surface area (Å²) in [6.07, 6.45) is 2.17. The highest BCUT2D eigenvalue weighted by molar-refractivity contribution is 6.31. The van der Waals surface area contributed by atoms with Crippen molar-refractivity contribution in [3.63, 3.8) is 0 Å². The molecule has 4 nitrogen and oxygen atoms in total. The van der Waals surface area contributed by atoms with Crippen LogP contribution in [0.5, 0.6) is 0 Å². The Labute approximate surface area is 116 Å². The Kier molecular flexibility index (Phi) is 4.50. The molecule has 0 aliphatic heterocycles. The van der Waals surface area contributed by atoms with Gasteiger partial charge in [-0.25, -0.2) is 9.37 Å². The third-order valence-corrected chi connectivity index (χ3v) is 3.31. The van der Waals surface area contributed by atoms with Crippen LogP contribution in [0, 0.1) is 5.82 Å². The Morgan fingerprint density at radius 3 is 2.84 bits per heavy atom. The number of halogens is 2. The highest BCUT2D eigenvalue weighted by Gasteiger charge is 2.17. The summed E-state index contributed by atoms with van der Waals surface area (Å²) in [6, 6.07) is 4.45. The molecule has 1 unspecified atom stereocenters. The van der Waals surface area contributed by atoms with Gasteiger partial charge >= 0.3 is 0 Å². The summed E-state index contributed by atoms with van der Waals surface area (Å²) in [5.74, 6) is 0.522. The van der Waals surface area contributed by atoms with E-state index < -0.39 is 0 Å². The van der Waals surface area contributed by atoms with Gasteiger partial charge < -0.3 is 5.32 Å². The number of likely N-dealkylation sites (N-methyl/N-ethyl adjacent to an activating group) is 1. The summed E-state index contributed by atoms with van der Waals surface area (Å²) in [6.45, 7) is 2.80. The molecule has 19 heavy (non-hydrogen) atoms. The van der Waals surface area contributed by atoms with Gasteiger partial charge in [0.1, 0.15) is 18.0 Å². The summed E-state index contributed by atoms with van der Waals surface area (Å²) in [5.41, 5.74) is 0.868.